The number of para-hydroxylation sites is 1. The molecule has 0 atom stereocenters. The van der Waals surface area contributed by atoms with Crippen molar-refractivity contribution in [1.82, 2.24) is 0 Å². The Kier molecular flexibility index (Phi) is 7.16. The normalized spacial score (nSPS) is 10.5. The predicted octanol–water partition coefficient (Wildman–Crippen LogP) is 3.91. The molecule has 0 saturated carbocycles. The van der Waals surface area contributed by atoms with E-state index >= 15 is 0 Å². The van der Waals surface area contributed by atoms with Gasteiger partial charge in [0, 0.05) is 19.8 Å². The van der Waals surface area contributed by atoms with Gasteiger partial charge >= 0.3 is 7.32 Å². The Morgan fingerprint density at radius 1 is 0.667 bits per heavy atom. The second-order valence-corrected chi connectivity index (χ2v) is 5.95. The van der Waals surface area contributed by atoms with Gasteiger partial charge in [-0.1, -0.05) is 18.2 Å². The fourth-order valence-electron chi connectivity index (χ4n) is 2.41. The molecule has 0 heterocycles. The van der Waals surface area contributed by atoms with Gasteiger partial charge in [-0.25, -0.2) is 26.3 Å². The molecule has 0 bridgehead atoms. The molecule has 30 heavy (non-hydrogen) atoms. The van der Waals surface area contributed by atoms with Gasteiger partial charge in [-0.15, -0.1) is 0 Å². The highest BCUT2D eigenvalue weighted by atomic mass is 19.2. The molecule has 0 aliphatic heterocycles. The highest BCUT2D eigenvalue weighted by Gasteiger charge is 2.32. The zero-order valence-corrected chi connectivity index (χ0v) is 15.4. The van der Waals surface area contributed by atoms with E-state index in [4.69, 9.17) is 10.0 Å². The highest BCUT2D eigenvalue weighted by molar-refractivity contribution is 6.34. The average molecular weight is 435 g/mol. The van der Waals surface area contributed by atoms with Crippen molar-refractivity contribution in [2.45, 2.75) is 0 Å². The molecule has 0 aliphatic carbocycles. The molecule has 0 aromatic heterocycles. The summed E-state index contributed by atoms with van der Waals surface area (Å²) in [6, 6.07) is 10.3. The number of benzene rings is 3. The molecule has 0 amide bonds. The summed E-state index contributed by atoms with van der Waals surface area (Å²) < 4.78 is 97.1. The molecule has 0 spiro atoms. The van der Waals surface area contributed by atoms with Crippen LogP contribution in [0.5, 0.6) is 5.75 Å². The molecule has 3 aromatic carbocycles. The second-order valence-electron chi connectivity index (χ2n) is 5.95. The van der Waals surface area contributed by atoms with Crippen molar-refractivity contribution in [2.24, 2.45) is 0 Å². The van der Waals surface area contributed by atoms with E-state index in [-0.39, 0.29) is 0 Å². The first-order valence-corrected chi connectivity index (χ1v) is 8.06. The van der Waals surface area contributed by atoms with Gasteiger partial charge in [0.15, 0.2) is 40.7 Å². The van der Waals surface area contributed by atoms with Crippen molar-refractivity contribution in [3.8, 4) is 5.75 Å². The molecule has 0 aliphatic rings. The third-order valence-electron chi connectivity index (χ3n) is 3.79. The van der Waals surface area contributed by atoms with Gasteiger partial charge in [-0.3, -0.25) is 0 Å². The van der Waals surface area contributed by atoms with Crippen molar-refractivity contribution < 1.29 is 45.4 Å². The number of rotatable bonds is 3. The summed E-state index contributed by atoms with van der Waals surface area (Å²) in [6.07, 6.45) is 0. The van der Waals surface area contributed by atoms with Gasteiger partial charge in [0.2, 0.25) is 5.82 Å². The maximum atomic E-state index is 13.6. The Morgan fingerprint density at radius 2 is 1.10 bits per heavy atom. The van der Waals surface area contributed by atoms with Gasteiger partial charge in [-0.2, -0.15) is 4.39 Å². The Bertz CT molecular complexity index is 1060. The molecule has 3 aromatic rings. The second kappa shape index (κ2) is 9.22. The van der Waals surface area contributed by atoms with Crippen LogP contribution in [0.1, 0.15) is 0 Å². The minimum absolute atomic E-state index is 1.25. The van der Waals surface area contributed by atoms with Gasteiger partial charge in [0.05, 0.1) is 10.8 Å². The lowest BCUT2D eigenvalue weighted by Gasteiger charge is -2.13. The van der Waals surface area contributed by atoms with Crippen LogP contribution in [0.15, 0.2) is 30.3 Å². The molecule has 4 nitrogen and oxygen atoms in total. The lowest BCUT2D eigenvalue weighted by molar-refractivity contribution is 0.279. The first-order valence-electron chi connectivity index (χ1n) is 8.06. The Labute approximate surface area is 165 Å². The number of nitrogens with zero attached hydrogens (tertiary/aromatic N) is 1. The van der Waals surface area contributed by atoms with Crippen LogP contribution in [0.25, 0.3) is 10.8 Å². The summed E-state index contributed by atoms with van der Waals surface area (Å²) in [7, 11) is 1.23. The van der Waals surface area contributed by atoms with Gasteiger partial charge < -0.3 is 19.6 Å². The van der Waals surface area contributed by atoms with Crippen LogP contribution in [0, 0.1) is 40.7 Å². The number of anilines is 1. The van der Waals surface area contributed by atoms with E-state index < -0.39 is 64.6 Å². The number of fused-ring (bicyclic) bond motifs is 1. The molecule has 0 unspecified atom stereocenters. The number of hydrogen-bond acceptors (Lipinski definition) is 4. The van der Waals surface area contributed by atoms with E-state index in [0.29, 0.717) is 0 Å². The largest absolute Gasteiger partial charge is 0.707 e. The Morgan fingerprint density at radius 3 is 1.50 bits per heavy atom. The fraction of sp³-hybridized carbons (Fsp3) is 0.111. The maximum absolute atomic E-state index is 13.6. The number of halogens is 7. The van der Waals surface area contributed by atoms with Crippen molar-refractivity contribution in [3.05, 3.63) is 71.1 Å². The van der Waals surface area contributed by atoms with Crippen LogP contribution in [0.2, 0.25) is 0 Å². The SMILES string of the molecule is CN(C)c1ccccc1.OB(O)Oc1c(F)c(F)c(F)c2c(F)c(F)c(F)c(F)c12. The topological polar surface area (TPSA) is 52.9 Å². The van der Waals surface area contributed by atoms with Crippen molar-refractivity contribution in [2.75, 3.05) is 19.0 Å². The van der Waals surface area contributed by atoms with Crippen LogP contribution in [0.3, 0.4) is 0 Å². The summed E-state index contributed by atoms with van der Waals surface area (Å²) in [6.45, 7) is 0. The lowest BCUT2D eigenvalue weighted by atomic mass is 10.0. The summed E-state index contributed by atoms with van der Waals surface area (Å²) in [5.41, 5.74) is 1.25. The third-order valence-corrected chi connectivity index (χ3v) is 3.79. The first kappa shape index (κ1) is 23.3. The average Bonchev–Trinajstić information content (AvgIpc) is 2.71. The van der Waals surface area contributed by atoms with Crippen LogP contribution in [-0.2, 0) is 0 Å². The standard InChI is InChI=1S/C10H2BF7O3.C8H11N/c12-3-1-2(5(14)7(16)6(3)15)10(21-11(19)20)9(18)8(17)4(1)13;1-9(2)8-6-4-3-5-7-8/h19-20H;3-7H,1-2H3. The number of hydrogen-bond donors (Lipinski definition) is 2. The molecular weight excluding hydrogens is 422 g/mol. The zero-order chi connectivity index (χ0) is 22.7. The summed E-state index contributed by atoms with van der Waals surface area (Å²) in [4.78, 5) is 2.08. The molecule has 12 heteroatoms. The zero-order valence-electron chi connectivity index (χ0n) is 15.4. The summed E-state index contributed by atoms with van der Waals surface area (Å²) in [5, 5.41) is 13.6. The first-order chi connectivity index (χ1) is 14.0. The lowest BCUT2D eigenvalue weighted by Crippen LogP contribution is -2.22. The van der Waals surface area contributed by atoms with E-state index in [1.54, 1.807) is 0 Å². The van der Waals surface area contributed by atoms with Crippen molar-refractivity contribution in [1.29, 1.82) is 0 Å². The monoisotopic (exact) mass is 435 g/mol. The minimum Gasteiger partial charge on any atom is -0.509 e. The summed E-state index contributed by atoms with van der Waals surface area (Å²) in [5.74, 6) is -18.3. The van der Waals surface area contributed by atoms with Crippen LogP contribution in [0.4, 0.5) is 36.4 Å². The van der Waals surface area contributed by atoms with E-state index in [1.165, 1.54) is 5.69 Å². The molecule has 160 valence electrons. The fourth-order valence-corrected chi connectivity index (χ4v) is 2.41. The van der Waals surface area contributed by atoms with E-state index in [1.807, 2.05) is 32.3 Å². The van der Waals surface area contributed by atoms with Crippen molar-refractivity contribution >= 4 is 23.8 Å². The van der Waals surface area contributed by atoms with Crippen LogP contribution in [-0.4, -0.2) is 31.5 Å². The molecule has 0 saturated heterocycles. The highest BCUT2D eigenvalue weighted by Crippen LogP contribution is 2.38. The van der Waals surface area contributed by atoms with Gasteiger partial charge in [-0.05, 0) is 12.1 Å². The maximum Gasteiger partial charge on any atom is 0.707 e. The van der Waals surface area contributed by atoms with Gasteiger partial charge in [0.1, 0.15) is 0 Å². The minimum atomic E-state index is -2.84. The summed E-state index contributed by atoms with van der Waals surface area (Å²) >= 11 is 0. The smallest absolute Gasteiger partial charge is 0.509 e. The van der Waals surface area contributed by atoms with E-state index in [2.05, 4.69) is 21.7 Å². The third kappa shape index (κ3) is 4.44. The van der Waals surface area contributed by atoms with Crippen LogP contribution < -0.4 is 9.55 Å². The Balaban J connectivity index is 0.000000297. The van der Waals surface area contributed by atoms with Crippen molar-refractivity contribution in [3.63, 3.8) is 0 Å². The molecule has 3 rings (SSSR count). The van der Waals surface area contributed by atoms with Crippen LogP contribution >= 0.6 is 0 Å². The Hall–Kier alpha value is -2.99. The molecular formula is C18H13BF7NO3. The van der Waals surface area contributed by atoms with E-state index in [0.717, 1.165) is 0 Å². The van der Waals surface area contributed by atoms with E-state index in [9.17, 15) is 30.7 Å². The quantitative estimate of drug-likeness (QED) is 0.284. The van der Waals surface area contributed by atoms with Gasteiger partial charge in [0.25, 0.3) is 0 Å². The predicted molar refractivity (Wildman–Crippen MR) is 95.2 cm³/mol. The molecule has 2 N–H and O–H groups in total. The molecule has 0 fully saturated rings. The molecule has 0 radical (unpaired) electrons.